The second kappa shape index (κ2) is 6.90. The van der Waals surface area contributed by atoms with Crippen LogP contribution in [0.5, 0.6) is 11.8 Å². The molecule has 0 atom stereocenters. The SMILES string of the molecule is O=C(CN1CCOC1=O)Nc1cnc(Oc2ccccc2F)nc1. The first kappa shape index (κ1) is 15.7. The first-order valence-electron chi connectivity index (χ1n) is 7.08. The van der Waals surface area contributed by atoms with Gasteiger partial charge in [-0.25, -0.2) is 19.2 Å². The summed E-state index contributed by atoms with van der Waals surface area (Å²) in [6.07, 6.45) is 2.13. The number of nitrogens with zero attached hydrogens (tertiary/aromatic N) is 3. The van der Waals surface area contributed by atoms with E-state index in [1.54, 1.807) is 6.07 Å². The van der Waals surface area contributed by atoms with E-state index in [9.17, 15) is 14.0 Å². The van der Waals surface area contributed by atoms with Gasteiger partial charge in [-0.05, 0) is 12.1 Å². The lowest BCUT2D eigenvalue weighted by molar-refractivity contribution is -0.116. The Morgan fingerprint density at radius 3 is 2.75 bits per heavy atom. The molecule has 0 bridgehead atoms. The molecule has 2 amide bonds. The van der Waals surface area contributed by atoms with Gasteiger partial charge in [-0.3, -0.25) is 9.69 Å². The van der Waals surface area contributed by atoms with Crippen molar-refractivity contribution in [1.29, 1.82) is 0 Å². The minimum absolute atomic E-state index is 0.00170. The van der Waals surface area contributed by atoms with E-state index in [0.29, 0.717) is 12.2 Å². The van der Waals surface area contributed by atoms with E-state index in [2.05, 4.69) is 15.3 Å². The number of rotatable bonds is 5. The Bertz CT molecular complexity index is 753. The van der Waals surface area contributed by atoms with E-state index >= 15 is 0 Å². The van der Waals surface area contributed by atoms with Crippen LogP contribution in [0.2, 0.25) is 0 Å². The topological polar surface area (TPSA) is 93.7 Å². The van der Waals surface area contributed by atoms with Crippen molar-refractivity contribution in [3.63, 3.8) is 0 Å². The maximum absolute atomic E-state index is 13.5. The highest BCUT2D eigenvalue weighted by molar-refractivity contribution is 5.93. The number of para-hydroxylation sites is 1. The number of anilines is 1. The second-order valence-electron chi connectivity index (χ2n) is 4.87. The predicted molar refractivity (Wildman–Crippen MR) is 80.1 cm³/mol. The number of carbonyl (C=O) groups excluding carboxylic acids is 2. The zero-order valence-electron chi connectivity index (χ0n) is 12.4. The lowest BCUT2D eigenvalue weighted by Crippen LogP contribution is -2.33. The quantitative estimate of drug-likeness (QED) is 0.897. The molecule has 0 spiro atoms. The molecule has 1 fully saturated rings. The van der Waals surface area contributed by atoms with Crippen LogP contribution in [0.25, 0.3) is 0 Å². The van der Waals surface area contributed by atoms with Gasteiger partial charge in [-0.2, -0.15) is 0 Å². The van der Waals surface area contributed by atoms with Crippen LogP contribution in [0.1, 0.15) is 0 Å². The predicted octanol–water partition coefficient (Wildman–Crippen LogP) is 1.80. The third-order valence-corrected chi connectivity index (χ3v) is 3.13. The van der Waals surface area contributed by atoms with Crippen LogP contribution in [0.4, 0.5) is 14.9 Å². The Balaban J connectivity index is 1.57. The monoisotopic (exact) mass is 332 g/mol. The van der Waals surface area contributed by atoms with Crippen molar-refractivity contribution in [1.82, 2.24) is 14.9 Å². The summed E-state index contributed by atoms with van der Waals surface area (Å²) in [4.78, 5) is 32.2. The molecule has 124 valence electrons. The van der Waals surface area contributed by atoms with Gasteiger partial charge in [0.05, 0.1) is 24.6 Å². The van der Waals surface area contributed by atoms with Gasteiger partial charge in [-0.1, -0.05) is 12.1 Å². The number of cyclic esters (lactones) is 1. The molecule has 2 heterocycles. The summed E-state index contributed by atoms with van der Waals surface area (Å²) < 4.78 is 23.4. The molecule has 3 rings (SSSR count). The number of hydrogen-bond acceptors (Lipinski definition) is 6. The number of benzene rings is 1. The lowest BCUT2D eigenvalue weighted by atomic mass is 10.3. The number of ether oxygens (including phenoxy) is 2. The summed E-state index contributed by atoms with van der Waals surface area (Å²) in [5, 5.41) is 2.55. The fourth-order valence-electron chi connectivity index (χ4n) is 2.00. The number of carbonyl (C=O) groups is 2. The van der Waals surface area contributed by atoms with E-state index in [4.69, 9.17) is 9.47 Å². The second-order valence-corrected chi connectivity index (χ2v) is 4.87. The highest BCUT2D eigenvalue weighted by Gasteiger charge is 2.24. The summed E-state index contributed by atoms with van der Waals surface area (Å²) in [5.74, 6) is -0.932. The van der Waals surface area contributed by atoms with Crippen LogP contribution in [0.3, 0.4) is 0 Å². The number of nitrogens with one attached hydrogen (secondary N) is 1. The summed E-state index contributed by atoms with van der Waals surface area (Å²) in [6, 6.07) is 5.81. The van der Waals surface area contributed by atoms with Crippen LogP contribution in [-0.4, -0.2) is 46.6 Å². The lowest BCUT2D eigenvalue weighted by Gasteiger charge is -2.12. The average molecular weight is 332 g/mol. The molecule has 0 unspecified atom stereocenters. The zero-order chi connectivity index (χ0) is 16.9. The van der Waals surface area contributed by atoms with Crippen LogP contribution < -0.4 is 10.1 Å². The standard InChI is InChI=1S/C15H13FN4O4/c16-11-3-1-2-4-12(11)24-14-17-7-10(8-18-14)19-13(21)9-20-5-6-23-15(20)22/h1-4,7-8H,5-6,9H2,(H,19,21). The Kier molecular flexibility index (Phi) is 4.50. The number of aromatic nitrogens is 2. The third-order valence-electron chi connectivity index (χ3n) is 3.13. The van der Waals surface area contributed by atoms with Crippen LogP contribution in [0.15, 0.2) is 36.7 Å². The van der Waals surface area contributed by atoms with Crippen molar-refractivity contribution in [3.05, 3.63) is 42.5 Å². The number of amides is 2. The van der Waals surface area contributed by atoms with Gasteiger partial charge in [0, 0.05) is 0 Å². The normalized spacial score (nSPS) is 13.5. The summed E-state index contributed by atoms with van der Waals surface area (Å²) in [7, 11) is 0. The van der Waals surface area contributed by atoms with Gasteiger partial charge < -0.3 is 14.8 Å². The first-order chi connectivity index (χ1) is 11.6. The molecule has 0 saturated carbocycles. The Hall–Kier alpha value is -3.23. The Morgan fingerprint density at radius 1 is 1.33 bits per heavy atom. The van der Waals surface area contributed by atoms with E-state index < -0.39 is 17.8 Å². The molecule has 1 aliphatic heterocycles. The van der Waals surface area contributed by atoms with Gasteiger partial charge in [0.1, 0.15) is 13.2 Å². The van der Waals surface area contributed by atoms with E-state index in [1.165, 1.54) is 35.5 Å². The van der Waals surface area contributed by atoms with Gasteiger partial charge in [-0.15, -0.1) is 0 Å². The van der Waals surface area contributed by atoms with Crippen LogP contribution in [-0.2, 0) is 9.53 Å². The fraction of sp³-hybridized carbons (Fsp3) is 0.200. The van der Waals surface area contributed by atoms with Crippen LogP contribution >= 0.6 is 0 Å². The molecule has 1 aromatic heterocycles. The largest absolute Gasteiger partial charge is 0.448 e. The van der Waals surface area contributed by atoms with Crippen molar-refractivity contribution in [2.45, 2.75) is 0 Å². The highest BCUT2D eigenvalue weighted by atomic mass is 19.1. The van der Waals surface area contributed by atoms with Crippen LogP contribution in [0, 0.1) is 5.82 Å². The molecule has 0 radical (unpaired) electrons. The molecule has 2 aromatic rings. The van der Waals surface area contributed by atoms with Crippen molar-refractivity contribution in [3.8, 4) is 11.8 Å². The number of hydrogen-bond donors (Lipinski definition) is 1. The molecule has 1 aliphatic rings. The minimum atomic E-state index is -0.532. The zero-order valence-corrected chi connectivity index (χ0v) is 12.4. The van der Waals surface area contributed by atoms with Gasteiger partial charge in [0.15, 0.2) is 11.6 Å². The molecule has 8 nitrogen and oxygen atoms in total. The van der Waals surface area contributed by atoms with Crippen molar-refractivity contribution < 1.29 is 23.5 Å². The summed E-state index contributed by atoms with van der Waals surface area (Å²) >= 11 is 0. The molecule has 1 N–H and O–H groups in total. The van der Waals surface area contributed by atoms with Gasteiger partial charge >= 0.3 is 12.1 Å². The highest BCUT2D eigenvalue weighted by Crippen LogP contribution is 2.21. The Morgan fingerprint density at radius 2 is 2.08 bits per heavy atom. The molecule has 24 heavy (non-hydrogen) atoms. The molecule has 1 saturated heterocycles. The van der Waals surface area contributed by atoms with E-state index in [-0.39, 0.29) is 24.9 Å². The minimum Gasteiger partial charge on any atom is -0.448 e. The third kappa shape index (κ3) is 3.75. The summed E-state index contributed by atoms with van der Waals surface area (Å²) in [5.41, 5.74) is 0.327. The van der Waals surface area contributed by atoms with Crippen molar-refractivity contribution in [2.75, 3.05) is 25.0 Å². The summed E-state index contributed by atoms with van der Waals surface area (Å²) in [6.45, 7) is 0.530. The molecule has 1 aromatic carbocycles. The van der Waals surface area contributed by atoms with Crippen molar-refractivity contribution in [2.24, 2.45) is 0 Å². The van der Waals surface area contributed by atoms with E-state index in [0.717, 1.165) is 0 Å². The fourth-order valence-corrected chi connectivity index (χ4v) is 2.00. The maximum Gasteiger partial charge on any atom is 0.410 e. The molecular weight excluding hydrogens is 319 g/mol. The molecule has 0 aliphatic carbocycles. The first-order valence-corrected chi connectivity index (χ1v) is 7.08. The van der Waals surface area contributed by atoms with Gasteiger partial charge in [0.25, 0.3) is 0 Å². The van der Waals surface area contributed by atoms with Crippen molar-refractivity contribution >= 4 is 17.7 Å². The van der Waals surface area contributed by atoms with Gasteiger partial charge in [0.2, 0.25) is 5.91 Å². The van der Waals surface area contributed by atoms with E-state index in [1.807, 2.05) is 0 Å². The number of halogens is 1. The maximum atomic E-state index is 13.5. The average Bonchev–Trinajstić information content (AvgIpc) is 2.96. The Labute approximate surface area is 136 Å². The molecule has 9 heteroatoms. The smallest absolute Gasteiger partial charge is 0.410 e. The molecular formula is C15H13FN4O4.